The molecule has 0 aromatic heterocycles. The van der Waals surface area contributed by atoms with Gasteiger partial charge in [0.1, 0.15) is 0 Å². The van der Waals surface area contributed by atoms with Crippen LogP contribution in [-0.2, 0) is 6.54 Å². The highest BCUT2D eigenvalue weighted by molar-refractivity contribution is 5.94. The Morgan fingerprint density at radius 2 is 1.81 bits per heavy atom. The van der Waals surface area contributed by atoms with Crippen molar-refractivity contribution in [3.63, 3.8) is 0 Å². The van der Waals surface area contributed by atoms with E-state index in [1.165, 1.54) is 0 Å². The minimum absolute atomic E-state index is 0.112. The monoisotopic (exact) mass is 355 g/mol. The van der Waals surface area contributed by atoms with Gasteiger partial charge in [0.2, 0.25) is 5.91 Å². The molecule has 0 saturated heterocycles. The van der Waals surface area contributed by atoms with Crippen molar-refractivity contribution in [2.45, 2.75) is 13.0 Å². The molecular formula is C19H25N5O2. The van der Waals surface area contributed by atoms with Gasteiger partial charge in [0.25, 0.3) is 0 Å². The Morgan fingerprint density at radius 3 is 2.46 bits per heavy atom. The molecule has 0 unspecified atom stereocenters. The van der Waals surface area contributed by atoms with Crippen molar-refractivity contribution in [1.82, 2.24) is 10.2 Å². The number of nitrogens with one attached hydrogen (secondary N) is 2. The Kier molecular flexibility index (Phi) is 6.84. The average Bonchev–Trinajstić information content (AvgIpc) is 2.63. The molecule has 0 aliphatic heterocycles. The number of rotatable bonds is 8. The molecule has 0 spiro atoms. The number of carbonyl (C=O) groups is 2. The number of nitrogens with two attached hydrogens (primary N) is 2. The van der Waals surface area contributed by atoms with Crippen molar-refractivity contribution in [3.05, 3.63) is 59.7 Å². The zero-order valence-corrected chi connectivity index (χ0v) is 14.9. The average molecular weight is 355 g/mol. The van der Waals surface area contributed by atoms with Crippen LogP contribution in [0.25, 0.3) is 0 Å². The first-order valence-corrected chi connectivity index (χ1v) is 8.43. The Labute approximate surface area is 153 Å². The van der Waals surface area contributed by atoms with Gasteiger partial charge >= 0.3 is 6.03 Å². The number of urea groups is 1. The third-order valence-electron chi connectivity index (χ3n) is 3.89. The van der Waals surface area contributed by atoms with Crippen LogP contribution < -0.4 is 22.1 Å². The standard InChI is InChI=1S/C19H25N5O2/c1-24(13-14-6-3-2-4-7-14)19(26)23-11-5-10-22-17-9-8-15(18(21)25)12-16(17)20/h2-4,6-9,12,22H,5,10-11,13,20H2,1H3,(H2,21,25)(H,23,26). The molecule has 26 heavy (non-hydrogen) atoms. The molecule has 2 aromatic carbocycles. The number of carbonyl (C=O) groups excluding carboxylic acids is 2. The zero-order chi connectivity index (χ0) is 18.9. The van der Waals surface area contributed by atoms with Gasteiger partial charge in [-0.1, -0.05) is 30.3 Å². The van der Waals surface area contributed by atoms with Crippen LogP contribution in [0.15, 0.2) is 48.5 Å². The summed E-state index contributed by atoms with van der Waals surface area (Å²) in [5, 5.41) is 6.06. The molecule has 0 saturated carbocycles. The van der Waals surface area contributed by atoms with E-state index in [0.717, 1.165) is 17.7 Å². The Hall–Kier alpha value is -3.22. The minimum Gasteiger partial charge on any atom is -0.397 e. The van der Waals surface area contributed by atoms with Crippen molar-refractivity contribution < 1.29 is 9.59 Å². The second-order valence-electron chi connectivity index (χ2n) is 6.02. The summed E-state index contributed by atoms with van der Waals surface area (Å²) in [5.41, 5.74) is 13.8. The predicted molar refractivity (Wildman–Crippen MR) is 104 cm³/mol. The molecule has 0 fully saturated rings. The number of hydrogen-bond acceptors (Lipinski definition) is 4. The first-order valence-electron chi connectivity index (χ1n) is 8.43. The van der Waals surface area contributed by atoms with Crippen LogP contribution in [0.5, 0.6) is 0 Å². The minimum atomic E-state index is -0.509. The molecule has 0 aliphatic rings. The third-order valence-corrected chi connectivity index (χ3v) is 3.89. The number of amides is 3. The first-order chi connectivity index (χ1) is 12.5. The highest BCUT2D eigenvalue weighted by Gasteiger charge is 2.08. The van der Waals surface area contributed by atoms with E-state index in [4.69, 9.17) is 11.5 Å². The SMILES string of the molecule is CN(Cc1ccccc1)C(=O)NCCCNc1ccc(C(N)=O)cc1N. The quantitative estimate of drug-likeness (QED) is 0.428. The summed E-state index contributed by atoms with van der Waals surface area (Å²) in [6.45, 7) is 1.75. The predicted octanol–water partition coefficient (Wildman–Crippen LogP) is 2.01. The van der Waals surface area contributed by atoms with Crippen molar-refractivity contribution in [2.24, 2.45) is 5.73 Å². The summed E-state index contributed by atoms with van der Waals surface area (Å²) >= 11 is 0. The molecule has 138 valence electrons. The van der Waals surface area contributed by atoms with Crippen LogP contribution in [0.3, 0.4) is 0 Å². The second-order valence-corrected chi connectivity index (χ2v) is 6.02. The lowest BCUT2D eigenvalue weighted by Gasteiger charge is -2.18. The van der Waals surface area contributed by atoms with Crippen LogP contribution in [0.2, 0.25) is 0 Å². The summed E-state index contributed by atoms with van der Waals surface area (Å²) in [7, 11) is 1.77. The molecule has 0 heterocycles. The number of nitrogen functional groups attached to an aromatic ring is 1. The Bertz CT molecular complexity index is 749. The van der Waals surface area contributed by atoms with Crippen molar-refractivity contribution in [1.29, 1.82) is 0 Å². The van der Waals surface area contributed by atoms with Crippen molar-refractivity contribution in [2.75, 3.05) is 31.2 Å². The fraction of sp³-hybridized carbons (Fsp3) is 0.263. The molecule has 0 atom stereocenters. The summed E-state index contributed by atoms with van der Waals surface area (Å²) in [6, 6.07) is 14.6. The van der Waals surface area contributed by atoms with Crippen molar-refractivity contribution >= 4 is 23.3 Å². The summed E-state index contributed by atoms with van der Waals surface area (Å²) in [6.07, 6.45) is 0.738. The van der Waals surface area contributed by atoms with Crippen LogP contribution >= 0.6 is 0 Å². The molecule has 0 radical (unpaired) electrons. The van der Waals surface area contributed by atoms with Gasteiger partial charge in [-0.2, -0.15) is 0 Å². The van der Waals surface area contributed by atoms with Crippen LogP contribution in [0, 0.1) is 0 Å². The van der Waals surface area contributed by atoms with Gasteiger partial charge in [0, 0.05) is 32.2 Å². The molecule has 0 aliphatic carbocycles. The lowest BCUT2D eigenvalue weighted by atomic mass is 10.1. The van der Waals surface area contributed by atoms with Crippen molar-refractivity contribution in [3.8, 4) is 0 Å². The lowest BCUT2D eigenvalue weighted by molar-refractivity contribution is 0.100. The number of anilines is 2. The fourth-order valence-corrected chi connectivity index (χ4v) is 2.45. The molecular weight excluding hydrogens is 330 g/mol. The van der Waals surface area contributed by atoms with Crippen LogP contribution in [-0.4, -0.2) is 37.0 Å². The fourth-order valence-electron chi connectivity index (χ4n) is 2.45. The second kappa shape index (κ2) is 9.31. The van der Waals surface area contributed by atoms with Gasteiger partial charge in [0.05, 0.1) is 11.4 Å². The number of primary amides is 1. The largest absolute Gasteiger partial charge is 0.397 e. The highest BCUT2D eigenvalue weighted by Crippen LogP contribution is 2.19. The van der Waals surface area contributed by atoms with E-state index in [1.807, 2.05) is 30.3 Å². The van der Waals surface area contributed by atoms with Gasteiger partial charge in [-0.15, -0.1) is 0 Å². The van der Waals surface area contributed by atoms with E-state index in [2.05, 4.69) is 10.6 Å². The van der Waals surface area contributed by atoms with E-state index in [-0.39, 0.29) is 6.03 Å². The first kappa shape index (κ1) is 19.1. The number of hydrogen-bond donors (Lipinski definition) is 4. The topological polar surface area (TPSA) is 113 Å². The molecule has 6 N–H and O–H groups in total. The maximum Gasteiger partial charge on any atom is 0.317 e. The van der Waals surface area contributed by atoms with E-state index in [9.17, 15) is 9.59 Å². The van der Waals surface area contributed by atoms with E-state index in [0.29, 0.717) is 30.9 Å². The Morgan fingerprint density at radius 1 is 1.08 bits per heavy atom. The molecule has 7 heteroatoms. The summed E-state index contributed by atoms with van der Waals surface area (Å²) in [5.74, 6) is -0.509. The zero-order valence-electron chi connectivity index (χ0n) is 14.9. The van der Waals surface area contributed by atoms with Gasteiger partial charge in [-0.3, -0.25) is 4.79 Å². The smallest absolute Gasteiger partial charge is 0.317 e. The molecule has 3 amide bonds. The number of nitrogens with zero attached hydrogens (tertiary/aromatic N) is 1. The Balaban J connectivity index is 1.68. The normalized spacial score (nSPS) is 10.2. The molecule has 0 bridgehead atoms. The number of benzene rings is 2. The summed E-state index contributed by atoms with van der Waals surface area (Å²) in [4.78, 5) is 24.8. The summed E-state index contributed by atoms with van der Waals surface area (Å²) < 4.78 is 0. The van der Waals surface area contributed by atoms with E-state index < -0.39 is 5.91 Å². The lowest BCUT2D eigenvalue weighted by Crippen LogP contribution is -2.37. The van der Waals surface area contributed by atoms with Crippen LogP contribution in [0.1, 0.15) is 22.3 Å². The highest BCUT2D eigenvalue weighted by atomic mass is 16.2. The third kappa shape index (κ3) is 5.70. The van der Waals surface area contributed by atoms with Gasteiger partial charge < -0.3 is 27.0 Å². The van der Waals surface area contributed by atoms with E-state index in [1.54, 1.807) is 30.1 Å². The van der Waals surface area contributed by atoms with Gasteiger partial charge in [-0.05, 0) is 30.2 Å². The molecule has 2 rings (SSSR count). The van der Waals surface area contributed by atoms with Gasteiger partial charge in [0.15, 0.2) is 0 Å². The molecule has 2 aromatic rings. The molecule has 7 nitrogen and oxygen atoms in total. The van der Waals surface area contributed by atoms with Gasteiger partial charge in [-0.25, -0.2) is 4.79 Å². The van der Waals surface area contributed by atoms with Crippen LogP contribution in [0.4, 0.5) is 16.2 Å². The van der Waals surface area contributed by atoms with E-state index >= 15 is 0 Å². The maximum absolute atomic E-state index is 12.1. The maximum atomic E-state index is 12.1.